The lowest BCUT2D eigenvalue weighted by atomic mass is 9.86. The van der Waals surface area contributed by atoms with E-state index in [1.54, 1.807) is 25.1 Å². The maximum atomic E-state index is 13.7. The fourth-order valence-corrected chi connectivity index (χ4v) is 17.5. The number of carboxylic acids is 5. The van der Waals surface area contributed by atoms with Crippen molar-refractivity contribution in [3.63, 3.8) is 0 Å². The molecule has 2 aromatic carbocycles. The van der Waals surface area contributed by atoms with Gasteiger partial charge in [-0.05, 0) is 87.2 Å². The number of hydrogen-bond acceptors (Lipinski definition) is 46. The number of H-pyrrole nitrogens is 1. The molecule has 56 nitrogen and oxygen atoms in total. The van der Waals surface area contributed by atoms with E-state index in [0.29, 0.717) is 40.1 Å². The highest BCUT2D eigenvalue weighted by Crippen LogP contribution is 2.42. The lowest BCUT2D eigenvalue weighted by molar-refractivity contribution is -0.172. The summed E-state index contributed by atoms with van der Waals surface area (Å²) in [5.41, 5.74) is 6.51. The number of esters is 1. The number of carboxylic acid groups (broad SMARTS) is 5. The average molecular weight is 2120 g/mol. The van der Waals surface area contributed by atoms with E-state index in [0.717, 1.165) is 39.6 Å². The number of carbonyl (C=O) groups is 16. The van der Waals surface area contributed by atoms with Crippen LogP contribution in [-0.2, 0) is 108 Å². The summed E-state index contributed by atoms with van der Waals surface area (Å²) < 4.78 is 17.3. The maximum absolute atomic E-state index is 13.7. The van der Waals surface area contributed by atoms with Crippen molar-refractivity contribution in [2.45, 2.75) is 227 Å². The molecular formula is C89H115N13O43S2. The minimum atomic E-state index is -2.45. The van der Waals surface area contributed by atoms with Gasteiger partial charge >= 0.3 is 42.0 Å². The number of Topliss-reactive ketones (excluding diaryl/α,β-unsaturated/α-hetero) is 4. The molecule has 0 saturated heterocycles. The Morgan fingerprint density at radius 1 is 0.571 bits per heavy atom. The number of aromatic amines is 1. The molecule has 6 aromatic rings. The van der Waals surface area contributed by atoms with E-state index in [1.165, 1.54) is 48.0 Å². The quantitative estimate of drug-likeness (QED) is 0.00729. The number of ether oxygens (including phenoxy) is 3. The number of carbonyl (C=O) groups excluding carboxylic acids is 11. The Morgan fingerprint density at radius 3 is 1.55 bits per heavy atom. The van der Waals surface area contributed by atoms with Crippen LogP contribution in [0.1, 0.15) is 130 Å². The summed E-state index contributed by atoms with van der Waals surface area (Å²) in [6.45, 7) is 0.739. The molecule has 58 heteroatoms. The second-order valence-electron chi connectivity index (χ2n) is 34.2. The molecule has 806 valence electrons. The number of cyclic esters (lactones) is 1. The summed E-state index contributed by atoms with van der Waals surface area (Å²) in [6.07, 6.45) is -35.4. The van der Waals surface area contributed by atoms with Crippen LogP contribution in [-0.4, -0.2) is 384 Å². The first-order valence-electron chi connectivity index (χ1n) is 45.1. The Labute approximate surface area is 837 Å². The van der Waals surface area contributed by atoms with Gasteiger partial charge in [0.25, 0.3) is 17.0 Å². The first-order chi connectivity index (χ1) is 69.2. The molecule has 2 aliphatic heterocycles. The number of amides is 5. The molecule has 8 rings (SSSR count). The third-order valence-electron chi connectivity index (χ3n) is 23.6. The summed E-state index contributed by atoms with van der Waals surface area (Å²) >= 11 is 0. The Morgan fingerprint density at radius 2 is 1.07 bits per heavy atom. The third-order valence-corrected chi connectivity index (χ3v) is 26.0. The molecule has 0 bridgehead atoms. The summed E-state index contributed by atoms with van der Waals surface area (Å²) in [4.78, 5) is 249. The standard InChI is InChI=1S/C48H60N4O23S2.C41H55N9O20/c1-4-22-23-11-21(6-7-29(23)49-37-26(22)15-52-32(37)13-28-27(44(52)67)18-74-46(70)48(28,72)5-2)75-47(71)73-8-9-76-77-19-31(45(68)69)51-43(66)25(39(62)41(64)35(58)17-54)12-33(56)30(14-36(59)60)50-42(65)24(10-20(3)55)38(61)40(63)34(57)16-53;1-16(8-28(57)58)45-37(66)22(32(62)34(64)27(56)15-52)10-25(54)24(11-29(59)60)48-38(67)21(31(61)33(63)26(55)14-51)9-20(53)6-7-23(40(69)70)47-36(65)17-2-4-18(5-3-17)43-12-19-13-44-35-30(46-19)39(68)50-41(42)49-35/h6-7,11,13,24-25,30-31,34-35,38-41,53-54,57-58,61-64,72H,4-5,8-10,12,14-19H2,1-3H3,(H,50,65)(H,51,66)(H,59,60)(H,68,69);2-5,13,16,21-24,26-27,31-34,43,51-52,55-56,61-64H,6-12,14-15H2,1H3,(H,45,66)(H,47,65)(H,48,67)(H,57,58)(H,59,60)(H,69,70)(H3,42,44,49,50,68)/t24-,25-,30-,31+,34+,35+,38+,39+,40+,41+,48-;16-,21+,22+,23+,24+,26-,27-,31-,32-,33-,34-/m01/s1. The number of aromatic nitrogens is 6. The normalized spacial score (nSPS) is 17.4. The molecule has 5 amide bonds. The summed E-state index contributed by atoms with van der Waals surface area (Å²) in [6, 6.07) is 2.83. The highest BCUT2D eigenvalue weighted by molar-refractivity contribution is 8.76. The van der Waals surface area contributed by atoms with Crippen molar-refractivity contribution in [2.24, 2.45) is 23.7 Å². The van der Waals surface area contributed by atoms with Crippen LogP contribution < -0.4 is 53.5 Å². The number of nitrogens with two attached hydrogens (primary N) is 1. The summed E-state index contributed by atoms with van der Waals surface area (Å²) in [7, 11) is 1.84. The maximum Gasteiger partial charge on any atom is 0.513 e. The first-order valence-corrected chi connectivity index (χ1v) is 47.6. The van der Waals surface area contributed by atoms with E-state index < -0.39 is 328 Å². The van der Waals surface area contributed by atoms with Crippen LogP contribution in [0.15, 0.2) is 64.3 Å². The molecule has 0 fully saturated rings. The Hall–Kier alpha value is -13.2. The number of aliphatic carboxylic acids is 5. The highest BCUT2D eigenvalue weighted by atomic mass is 33.1. The van der Waals surface area contributed by atoms with Gasteiger partial charge in [-0.15, -0.1) is 0 Å². The number of nitrogen functional groups attached to an aromatic ring is 1. The molecule has 0 radical (unpaired) electrons. The molecule has 31 N–H and O–H groups in total. The van der Waals surface area contributed by atoms with Gasteiger partial charge in [0.1, 0.15) is 91.4 Å². The van der Waals surface area contributed by atoms with Gasteiger partial charge in [-0.2, -0.15) is 4.98 Å². The summed E-state index contributed by atoms with van der Waals surface area (Å²) in [5, 5.41) is 235. The molecule has 0 unspecified atom stereocenters. The van der Waals surface area contributed by atoms with Crippen molar-refractivity contribution in [1.29, 1.82) is 0 Å². The van der Waals surface area contributed by atoms with E-state index in [2.05, 4.69) is 41.2 Å². The largest absolute Gasteiger partial charge is 0.513 e. The van der Waals surface area contributed by atoms with Crippen molar-refractivity contribution in [3.05, 3.63) is 109 Å². The zero-order valence-electron chi connectivity index (χ0n) is 78.7. The van der Waals surface area contributed by atoms with Gasteiger partial charge in [-0.3, -0.25) is 67.3 Å². The van der Waals surface area contributed by atoms with Gasteiger partial charge in [0.05, 0.1) is 153 Å². The second-order valence-corrected chi connectivity index (χ2v) is 36.9. The van der Waals surface area contributed by atoms with Gasteiger partial charge in [-0.25, -0.2) is 34.1 Å². The van der Waals surface area contributed by atoms with Crippen molar-refractivity contribution >= 4 is 150 Å². The number of aliphatic hydroxyl groups is 17. The smallest absolute Gasteiger partial charge is 0.481 e. The minimum Gasteiger partial charge on any atom is -0.481 e. The number of aliphatic hydroxyl groups excluding tert-OH is 16. The molecule has 2 aliphatic rings. The monoisotopic (exact) mass is 2120 g/mol. The Kier molecular flexibility index (Phi) is 45.6. The molecule has 0 saturated carbocycles. The predicted octanol–water partition coefficient (Wildman–Crippen LogP) is -8.50. The molecular weight excluding hydrogens is 2000 g/mol. The second kappa shape index (κ2) is 55.5. The fourth-order valence-electron chi connectivity index (χ4n) is 15.5. The van der Waals surface area contributed by atoms with Crippen LogP contribution >= 0.6 is 21.6 Å². The molecule has 6 heterocycles. The van der Waals surface area contributed by atoms with E-state index in [4.69, 9.17) is 30.0 Å². The topological polar surface area (TPSA) is 950 Å². The fraction of sp³-hybridized carbons (Fsp3) is 0.528. The SMILES string of the molecule is CCc1c2c(nc3ccc(OC(=O)OCCSSC[C@@H](NC(=O)[C@@H](CC(=O)[C@H](CC(=O)O)NC(=O)[C@@H](CC(C)=O)[C@@H](O)[C@H](O)[C@H](O)CO)[C@@H](O)[C@H](O)[C@H](O)CO)C(=O)O)cc13)-c1cc3c(c(=O)n1C2)COC(=O)[C@]3(O)CC.C[C@H](CC(=O)O)NC(=O)[C@@H](CC(=O)[C@H](CC(=O)O)NC(=O)[C@@H](CC(=O)CC[C@H](NC(=O)c1ccc(NCc2cnc3nc(N)[nH]c(=O)c3n2)cc1)C(=O)O)[C@@H](O)[C@H](O)[C@H](O)CO)[C@@H](O)[C@H](O)[C@H](O)CO. The van der Waals surface area contributed by atoms with Gasteiger partial charge < -0.3 is 174 Å². The number of nitrogens with one attached hydrogen (secondary N) is 7. The zero-order chi connectivity index (χ0) is 110. The van der Waals surface area contributed by atoms with E-state index >= 15 is 0 Å². The van der Waals surface area contributed by atoms with Crippen LogP contribution in [0.3, 0.4) is 0 Å². The van der Waals surface area contributed by atoms with Crippen LogP contribution in [0.25, 0.3) is 33.5 Å². The average Bonchev–Trinajstić information content (AvgIpc) is 1.56. The van der Waals surface area contributed by atoms with Crippen molar-refractivity contribution in [1.82, 2.24) is 56.1 Å². The van der Waals surface area contributed by atoms with Crippen LogP contribution in [0.5, 0.6) is 5.75 Å². The zero-order valence-corrected chi connectivity index (χ0v) is 80.3. The Balaban J connectivity index is 0.000000400. The molecule has 4 aromatic heterocycles. The Bertz CT molecular complexity index is 5900. The lowest BCUT2D eigenvalue weighted by Gasteiger charge is -2.31. The third kappa shape index (κ3) is 32.6. The number of anilines is 2. The number of aryl methyl sites for hydroxylation is 1. The van der Waals surface area contributed by atoms with Crippen molar-refractivity contribution in [2.75, 3.05) is 55.6 Å². The predicted molar refractivity (Wildman–Crippen MR) is 501 cm³/mol. The van der Waals surface area contributed by atoms with Gasteiger partial charge in [0, 0.05) is 77.4 Å². The summed E-state index contributed by atoms with van der Waals surface area (Å²) in [5.74, 6) is -28.9. The molecule has 147 heavy (non-hydrogen) atoms. The number of ketones is 4. The van der Waals surface area contributed by atoms with E-state index in [-0.39, 0.29) is 78.0 Å². The highest BCUT2D eigenvalue weighted by Gasteiger charge is 2.49. The number of nitrogens with zero attached hydrogens (tertiary/aromatic N) is 5. The number of rotatable bonds is 59. The van der Waals surface area contributed by atoms with Crippen LogP contribution in [0.4, 0.5) is 16.4 Å². The lowest BCUT2D eigenvalue weighted by Crippen LogP contribution is -2.54. The number of benzene rings is 2. The number of hydrogen-bond donors (Lipinski definition) is 30. The van der Waals surface area contributed by atoms with Gasteiger partial charge in [-0.1, -0.05) is 35.4 Å². The molecule has 22 atom stereocenters. The molecule has 0 aliphatic carbocycles. The van der Waals surface area contributed by atoms with E-state index in [1.807, 2.05) is 17.6 Å². The van der Waals surface area contributed by atoms with Crippen molar-refractivity contribution < 1.29 is 203 Å². The minimum absolute atomic E-state index is 0.0228. The molecule has 0 spiro atoms. The number of pyridine rings is 2. The van der Waals surface area contributed by atoms with E-state index in [9.17, 15) is 194 Å². The van der Waals surface area contributed by atoms with Crippen LogP contribution in [0, 0.1) is 23.7 Å². The van der Waals surface area contributed by atoms with Gasteiger partial charge in [0.2, 0.25) is 29.6 Å². The van der Waals surface area contributed by atoms with Crippen molar-refractivity contribution in [3.8, 4) is 17.1 Å². The van der Waals surface area contributed by atoms with Gasteiger partial charge in [0.15, 0.2) is 28.3 Å². The number of fused-ring (bicyclic) bond motifs is 6. The first kappa shape index (κ1) is 121. The van der Waals surface area contributed by atoms with Crippen LogP contribution in [0.2, 0.25) is 0 Å².